The highest BCUT2D eigenvalue weighted by Gasteiger charge is 2.47. The molecule has 2 N–H and O–H groups in total. The van der Waals surface area contributed by atoms with Gasteiger partial charge in [0.1, 0.15) is 0 Å². The smallest absolute Gasteiger partial charge is 0.303 e. The molecule has 0 spiro atoms. The fraction of sp³-hybridized carbons (Fsp3) is 0.550. The third kappa shape index (κ3) is 7.12. The number of H-pyrrole nitrogens is 1. The number of carbonyl (C=O) groups is 4. The van der Waals surface area contributed by atoms with E-state index in [1.54, 1.807) is 6.26 Å². The Morgan fingerprint density at radius 2 is 1.62 bits per heavy atom. The van der Waals surface area contributed by atoms with Crippen LogP contribution in [0.25, 0.3) is 0 Å². The summed E-state index contributed by atoms with van der Waals surface area (Å²) >= 11 is 1.15. The van der Waals surface area contributed by atoms with E-state index in [1.807, 2.05) is 0 Å². The van der Waals surface area contributed by atoms with Crippen molar-refractivity contribution in [3.05, 3.63) is 10.4 Å². The van der Waals surface area contributed by atoms with Crippen molar-refractivity contribution in [1.82, 2.24) is 9.97 Å². The molecule has 2 heterocycles. The van der Waals surface area contributed by atoms with Crippen LogP contribution in [0.4, 0.5) is 11.5 Å². The Balaban J connectivity index is 2.53. The molecule has 0 unspecified atom stereocenters. The van der Waals surface area contributed by atoms with Gasteiger partial charge in [-0.15, -0.1) is 0 Å². The Morgan fingerprint density at radius 1 is 1.03 bits per heavy atom. The molecule has 186 valence electrons. The maximum Gasteiger partial charge on any atom is 0.303 e. The van der Waals surface area contributed by atoms with Crippen molar-refractivity contribution in [2.45, 2.75) is 64.3 Å². The van der Waals surface area contributed by atoms with Gasteiger partial charge >= 0.3 is 17.9 Å². The van der Waals surface area contributed by atoms with Crippen LogP contribution in [0.5, 0.6) is 0 Å². The number of Topliss-reactive ketones (excluding diaryl/α,β-unsaturated/α-hetero) is 1. The maximum absolute atomic E-state index is 12.6. The lowest BCUT2D eigenvalue weighted by molar-refractivity contribution is -0.221. The third-order valence-corrected chi connectivity index (χ3v) is 5.06. The number of aliphatic imine (C=N–C) groups is 1. The maximum atomic E-state index is 12.6. The van der Waals surface area contributed by atoms with E-state index < -0.39 is 48.0 Å². The Labute approximate surface area is 199 Å². The second kappa shape index (κ2) is 11.7. The zero-order chi connectivity index (χ0) is 25.6. The molecule has 4 atom stereocenters. The lowest BCUT2D eigenvalue weighted by atomic mass is 10.0. The van der Waals surface area contributed by atoms with Crippen molar-refractivity contribution >= 4 is 52.7 Å². The van der Waals surface area contributed by atoms with Gasteiger partial charge in [-0.3, -0.25) is 29.0 Å². The average Bonchev–Trinajstić information content (AvgIpc) is 2.72. The summed E-state index contributed by atoms with van der Waals surface area (Å²) in [6, 6.07) is 0. The molecule has 0 radical (unpaired) electrons. The first kappa shape index (κ1) is 27.0. The number of nitrogens with zero attached hydrogens (tertiary/aromatic N) is 2. The van der Waals surface area contributed by atoms with Gasteiger partial charge in [-0.1, -0.05) is 11.8 Å². The van der Waals surface area contributed by atoms with Crippen molar-refractivity contribution in [3.63, 3.8) is 0 Å². The summed E-state index contributed by atoms with van der Waals surface area (Å²) in [5.74, 6) is -2.51. The minimum atomic E-state index is -1.29. The molecule has 1 aliphatic rings. The van der Waals surface area contributed by atoms with Crippen LogP contribution in [0, 0.1) is 0 Å². The first-order valence-corrected chi connectivity index (χ1v) is 11.3. The van der Waals surface area contributed by atoms with Gasteiger partial charge in [0, 0.05) is 27.7 Å². The SMILES string of the molecule is CSc1nc(N[C@H]2OC[C@@H](OC(C)=O)[C@@H](OC(C)=O)[C@H]2OC(C)=O)c(N=C(C)C(C)=O)c(=O)[nH]1. The Morgan fingerprint density at radius 3 is 2.15 bits per heavy atom. The molecule has 0 amide bonds. The summed E-state index contributed by atoms with van der Waals surface area (Å²) in [6.45, 7) is 5.96. The van der Waals surface area contributed by atoms with Crippen molar-refractivity contribution in [1.29, 1.82) is 0 Å². The Bertz CT molecular complexity index is 1050. The van der Waals surface area contributed by atoms with E-state index in [0.29, 0.717) is 0 Å². The van der Waals surface area contributed by atoms with Gasteiger partial charge in [0.2, 0.25) is 0 Å². The lowest BCUT2D eigenvalue weighted by Crippen LogP contribution is -2.59. The highest BCUT2D eigenvalue weighted by Crippen LogP contribution is 2.28. The van der Waals surface area contributed by atoms with Crippen LogP contribution >= 0.6 is 11.8 Å². The standard InChI is InChI=1S/C20H26N4O9S/c1-8(9(2)25)21-14-17(23-20(34-6)24-18(14)29)22-19-16(33-12(5)28)15(32-11(4)27)13(7-30-19)31-10(3)26/h13,15-16,19H,7H2,1-6H3,(H2,22,23,24,29)/t13-,15-,16-,19+/m1/s1. The molecule has 13 nitrogen and oxygen atoms in total. The zero-order valence-corrected chi connectivity index (χ0v) is 20.3. The predicted molar refractivity (Wildman–Crippen MR) is 120 cm³/mol. The van der Waals surface area contributed by atoms with Crippen molar-refractivity contribution < 1.29 is 38.1 Å². The van der Waals surface area contributed by atoms with Crippen molar-refractivity contribution in [2.24, 2.45) is 4.99 Å². The summed E-state index contributed by atoms with van der Waals surface area (Å²) in [4.78, 5) is 70.3. The number of hydrogen-bond donors (Lipinski definition) is 2. The molecule has 0 aliphatic carbocycles. The van der Waals surface area contributed by atoms with Gasteiger partial charge in [-0.05, 0) is 13.2 Å². The van der Waals surface area contributed by atoms with Gasteiger partial charge < -0.3 is 24.3 Å². The number of nitrogens with one attached hydrogen (secondary N) is 2. The number of carbonyl (C=O) groups excluding carboxylic acids is 4. The number of aromatic amines is 1. The van der Waals surface area contributed by atoms with E-state index in [-0.39, 0.29) is 34.8 Å². The number of thioether (sulfide) groups is 1. The van der Waals surface area contributed by atoms with E-state index in [2.05, 4.69) is 20.3 Å². The normalized spacial score (nSPS) is 22.5. The number of aromatic nitrogens is 2. The fourth-order valence-electron chi connectivity index (χ4n) is 2.99. The first-order valence-electron chi connectivity index (χ1n) is 10.1. The van der Waals surface area contributed by atoms with Crippen LogP contribution in [0.15, 0.2) is 14.9 Å². The average molecular weight is 499 g/mol. The number of ketones is 1. The van der Waals surface area contributed by atoms with Crippen LogP contribution in [-0.4, -0.2) is 76.8 Å². The van der Waals surface area contributed by atoms with Crippen LogP contribution in [0.3, 0.4) is 0 Å². The van der Waals surface area contributed by atoms with Gasteiger partial charge in [0.25, 0.3) is 5.56 Å². The minimum Gasteiger partial charge on any atom is -0.456 e. The molecule has 1 aromatic heterocycles. The van der Waals surface area contributed by atoms with E-state index in [9.17, 15) is 24.0 Å². The molecule has 1 saturated heterocycles. The molecule has 0 saturated carbocycles. The second-order valence-corrected chi connectivity index (χ2v) is 8.02. The predicted octanol–water partition coefficient (Wildman–Crippen LogP) is 0.736. The molecule has 0 bridgehead atoms. The Kier molecular flexibility index (Phi) is 9.32. The van der Waals surface area contributed by atoms with Crippen molar-refractivity contribution in [3.8, 4) is 0 Å². The van der Waals surface area contributed by atoms with Gasteiger partial charge in [-0.2, -0.15) is 0 Å². The lowest BCUT2D eigenvalue weighted by Gasteiger charge is -2.40. The summed E-state index contributed by atoms with van der Waals surface area (Å²) in [6.07, 6.45) is -3.07. The van der Waals surface area contributed by atoms with Gasteiger partial charge in [0.05, 0.1) is 12.3 Å². The number of rotatable bonds is 8. The fourth-order valence-corrected chi connectivity index (χ4v) is 3.37. The van der Waals surface area contributed by atoms with Crippen LogP contribution in [0.1, 0.15) is 34.6 Å². The van der Waals surface area contributed by atoms with Gasteiger partial charge in [-0.25, -0.2) is 9.98 Å². The van der Waals surface area contributed by atoms with E-state index in [4.69, 9.17) is 18.9 Å². The topological polar surface area (TPSA) is 175 Å². The minimum absolute atomic E-state index is 0.0565. The zero-order valence-electron chi connectivity index (χ0n) is 19.5. The molecule has 1 fully saturated rings. The molecule has 1 aromatic rings. The number of anilines is 1. The third-order valence-electron chi connectivity index (χ3n) is 4.48. The summed E-state index contributed by atoms with van der Waals surface area (Å²) in [5.41, 5.74) is -0.778. The van der Waals surface area contributed by atoms with E-state index in [1.165, 1.54) is 20.8 Å². The summed E-state index contributed by atoms with van der Waals surface area (Å²) in [7, 11) is 0. The molecule has 0 aromatic carbocycles. The van der Waals surface area contributed by atoms with E-state index >= 15 is 0 Å². The molecule has 34 heavy (non-hydrogen) atoms. The first-order chi connectivity index (χ1) is 15.9. The largest absolute Gasteiger partial charge is 0.456 e. The molecular weight excluding hydrogens is 472 g/mol. The summed E-state index contributed by atoms with van der Waals surface area (Å²) < 4.78 is 21.5. The quantitative estimate of drug-likeness (QED) is 0.169. The second-order valence-electron chi connectivity index (χ2n) is 7.22. The Hall–Kier alpha value is -3.26. The molecular formula is C20H26N4O9S. The monoisotopic (exact) mass is 498 g/mol. The highest BCUT2D eigenvalue weighted by molar-refractivity contribution is 7.98. The van der Waals surface area contributed by atoms with Crippen LogP contribution in [0.2, 0.25) is 0 Å². The summed E-state index contributed by atoms with van der Waals surface area (Å²) in [5, 5.41) is 3.08. The van der Waals surface area contributed by atoms with E-state index in [0.717, 1.165) is 25.6 Å². The van der Waals surface area contributed by atoms with Crippen LogP contribution < -0.4 is 10.9 Å². The highest BCUT2D eigenvalue weighted by atomic mass is 32.2. The molecule has 14 heteroatoms. The molecule has 2 rings (SSSR count). The van der Waals surface area contributed by atoms with Crippen LogP contribution in [-0.2, 0) is 38.1 Å². The molecule has 1 aliphatic heterocycles. The van der Waals surface area contributed by atoms with Crippen molar-refractivity contribution in [2.75, 3.05) is 18.2 Å². The number of esters is 3. The van der Waals surface area contributed by atoms with Gasteiger partial charge in [0.15, 0.2) is 47.0 Å². The number of ether oxygens (including phenoxy) is 4. The number of hydrogen-bond acceptors (Lipinski definition) is 13.